The standard InChI is InChI=1S/C13H22N4O/c1-2-8-14-11(5-1)6-7-12-15-13(16-18-12)17-9-3-4-10-17/h11,14H,1-10H2. The molecule has 0 aliphatic carbocycles. The lowest BCUT2D eigenvalue weighted by molar-refractivity contribution is 0.342. The van der Waals surface area contributed by atoms with Crippen molar-refractivity contribution in [3.05, 3.63) is 5.89 Å². The summed E-state index contributed by atoms with van der Waals surface area (Å²) >= 11 is 0. The van der Waals surface area contributed by atoms with Gasteiger partial charge in [0.1, 0.15) is 0 Å². The van der Waals surface area contributed by atoms with E-state index < -0.39 is 0 Å². The minimum Gasteiger partial charge on any atom is -0.338 e. The molecule has 2 aliphatic heterocycles. The smallest absolute Gasteiger partial charge is 0.266 e. The molecule has 0 radical (unpaired) electrons. The van der Waals surface area contributed by atoms with Crippen LogP contribution in [0.4, 0.5) is 5.95 Å². The van der Waals surface area contributed by atoms with Gasteiger partial charge in [0.2, 0.25) is 5.89 Å². The van der Waals surface area contributed by atoms with E-state index >= 15 is 0 Å². The third-order valence-electron chi connectivity index (χ3n) is 3.97. The zero-order chi connectivity index (χ0) is 12.2. The number of nitrogens with zero attached hydrogens (tertiary/aromatic N) is 3. The molecule has 2 fully saturated rings. The van der Waals surface area contributed by atoms with Crippen LogP contribution >= 0.6 is 0 Å². The molecule has 0 spiro atoms. The van der Waals surface area contributed by atoms with Crippen molar-refractivity contribution in [2.45, 2.75) is 51.0 Å². The monoisotopic (exact) mass is 250 g/mol. The molecule has 3 heterocycles. The second-order valence-electron chi connectivity index (χ2n) is 5.37. The van der Waals surface area contributed by atoms with Crippen LogP contribution in [0.15, 0.2) is 4.52 Å². The molecule has 1 N–H and O–H groups in total. The van der Waals surface area contributed by atoms with E-state index in [4.69, 9.17) is 4.52 Å². The molecule has 2 saturated heterocycles. The highest BCUT2D eigenvalue weighted by atomic mass is 16.5. The van der Waals surface area contributed by atoms with Crippen LogP contribution in [0.25, 0.3) is 0 Å². The first-order chi connectivity index (χ1) is 8.92. The van der Waals surface area contributed by atoms with Gasteiger partial charge in [-0.05, 0) is 43.8 Å². The SMILES string of the molecule is C1CCC(CCc2nc(N3CCCC3)no2)NC1. The Hall–Kier alpha value is -1.10. The van der Waals surface area contributed by atoms with Gasteiger partial charge in [-0.2, -0.15) is 4.98 Å². The highest BCUT2D eigenvalue weighted by molar-refractivity contribution is 5.28. The number of hydrogen-bond donors (Lipinski definition) is 1. The summed E-state index contributed by atoms with van der Waals surface area (Å²) in [6, 6.07) is 0.640. The topological polar surface area (TPSA) is 54.2 Å². The van der Waals surface area contributed by atoms with Crippen LogP contribution in [0.2, 0.25) is 0 Å². The van der Waals surface area contributed by atoms with Crippen LogP contribution < -0.4 is 10.2 Å². The molecule has 1 atom stereocenters. The molecule has 1 unspecified atom stereocenters. The van der Waals surface area contributed by atoms with E-state index in [0.29, 0.717) is 6.04 Å². The van der Waals surface area contributed by atoms with E-state index in [0.717, 1.165) is 44.3 Å². The number of piperidine rings is 1. The average molecular weight is 250 g/mol. The number of hydrogen-bond acceptors (Lipinski definition) is 5. The molecule has 0 amide bonds. The number of aromatic nitrogens is 2. The number of nitrogens with one attached hydrogen (secondary N) is 1. The van der Waals surface area contributed by atoms with Crippen molar-refractivity contribution >= 4 is 5.95 Å². The van der Waals surface area contributed by atoms with E-state index in [2.05, 4.69) is 20.4 Å². The second-order valence-corrected chi connectivity index (χ2v) is 5.37. The fourth-order valence-electron chi connectivity index (χ4n) is 2.86. The van der Waals surface area contributed by atoms with Gasteiger partial charge in [0.25, 0.3) is 5.95 Å². The zero-order valence-corrected chi connectivity index (χ0v) is 10.9. The lowest BCUT2D eigenvalue weighted by Gasteiger charge is -2.22. The molecule has 1 aromatic heterocycles. The molecule has 0 saturated carbocycles. The molecule has 2 aliphatic rings. The maximum atomic E-state index is 5.34. The maximum absolute atomic E-state index is 5.34. The van der Waals surface area contributed by atoms with Crippen LogP contribution in [0.1, 0.15) is 44.4 Å². The second kappa shape index (κ2) is 5.69. The summed E-state index contributed by atoms with van der Waals surface area (Å²) in [5, 5.41) is 7.63. The van der Waals surface area contributed by atoms with Crippen LogP contribution in [0, 0.1) is 0 Å². The first-order valence-electron chi connectivity index (χ1n) is 7.23. The molecule has 0 bridgehead atoms. The van der Waals surface area contributed by atoms with Gasteiger partial charge < -0.3 is 14.7 Å². The first-order valence-corrected chi connectivity index (χ1v) is 7.23. The summed E-state index contributed by atoms with van der Waals surface area (Å²) < 4.78 is 5.34. The van der Waals surface area contributed by atoms with Crippen molar-refractivity contribution in [3.63, 3.8) is 0 Å². The van der Waals surface area contributed by atoms with Crippen LogP contribution in [-0.2, 0) is 6.42 Å². The third-order valence-corrected chi connectivity index (χ3v) is 3.97. The van der Waals surface area contributed by atoms with Crippen LogP contribution in [-0.4, -0.2) is 35.8 Å². The molecule has 5 heteroatoms. The summed E-state index contributed by atoms with van der Waals surface area (Å²) in [5.41, 5.74) is 0. The molecule has 18 heavy (non-hydrogen) atoms. The van der Waals surface area contributed by atoms with Crippen molar-refractivity contribution in [1.29, 1.82) is 0 Å². The van der Waals surface area contributed by atoms with Gasteiger partial charge in [0.05, 0.1) is 0 Å². The fourth-order valence-corrected chi connectivity index (χ4v) is 2.86. The first kappa shape index (κ1) is 12.0. The van der Waals surface area contributed by atoms with E-state index in [1.54, 1.807) is 0 Å². The van der Waals surface area contributed by atoms with Gasteiger partial charge in [0, 0.05) is 25.6 Å². The van der Waals surface area contributed by atoms with Crippen LogP contribution in [0.5, 0.6) is 0 Å². The number of rotatable bonds is 4. The summed E-state index contributed by atoms with van der Waals surface area (Å²) in [6.07, 6.45) is 8.45. The summed E-state index contributed by atoms with van der Waals surface area (Å²) in [7, 11) is 0. The predicted octanol–water partition coefficient (Wildman–Crippen LogP) is 1.74. The molecule has 5 nitrogen and oxygen atoms in total. The Morgan fingerprint density at radius 1 is 1.22 bits per heavy atom. The highest BCUT2D eigenvalue weighted by Gasteiger charge is 2.19. The molecular formula is C13H22N4O. The lowest BCUT2D eigenvalue weighted by Crippen LogP contribution is -2.34. The Labute approximate surface area is 108 Å². The minimum atomic E-state index is 0.640. The van der Waals surface area contributed by atoms with Gasteiger partial charge >= 0.3 is 0 Å². The molecule has 1 aromatic rings. The normalized spacial score (nSPS) is 24.7. The predicted molar refractivity (Wildman–Crippen MR) is 69.7 cm³/mol. The van der Waals surface area contributed by atoms with Crippen molar-refractivity contribution in [3.8, 4) is 0 Å². The van der Waals surface area contributed by atoms with E-state index in [1.165, 1.54) is 32.1 Å². The van der Waals surface area contributed by atoms with Crippen molar-refractivity contribution in [1.82, 2.24) is 15.5 Å². The lowest BCUT2D eigenvalue weighted by atomic mass is 10.0. The van der Waals surface area contributed by atoms with Crippen molar-refractivity contribution in [2.24, 2.45) is 0 Å². The fraction of sp³-hybridized carbons (Fsp3) is 0.846. The molecule has 3 rings (SSSR count). The van der Waals surface area contributed by atoms with Crippen LogP contribution in [0.3, 0.4) is 0 Å². The van der Waals surface area contributed by atoms with Gasteiger partial charge in [-0.15, -0.1) is 0 Å². The summed E-state index contributed by atoms with van der Waals surface area (Å²) in [4.78, 5) is 6.71. The average Bonchev–Trinajstić information content (AvgIpc) is 3.08. The third kappa shape index (κ3) is 2.83. The van der Waals surface area contributed by atoms with E-state index in [9.17, 15) is 0 Å². The zero-order valence-electron chi connectivity index (χ0n) is 10.9. The Morgan fingerprint density at radius 2 is 2.11 bits per heavy atom. The van der Waals surface area contributed by atoms with Gasteiger partial charge in [0.15, 0.2) is 0 Å². The van der Waals surface area contributed by atoms with Crippen molar-refractivity contribution < 1.29 is 4.52 Å². The molecular weight excluding hydrogens is 228 g/mol. The largest absolute Gasteiger partial charge is 0.338 e. The number of aryl methyl sites for hydroxylation is 1. The minimum absolute atomic E-state index is 0.640. The molecule has 100 valence electrons. The summed E-state index contributed by atoms with van der Waals surface area (Å²) in [5.74, 6) is 1.59. The quantitative estimate of drug-likeness (QED) is 0.882. The van der Waals surface area contributed by atoms with E-state index in [-0.39, 0.29) is 0 Å². The Balaban J connectivity index is 1.50. The van der Waals surface area contributed by atoms with Gasteiger partial charge in [-0.25, -0.2) is 0 Å². The Kier molecular flexibility index (Phi) is 3.78. The van der Waals surface area contributed by atoms with Gasteiger partial charge in [-0.3, -0.25) is 0 Å². The Morgan fingerprint density at radius 3 is 2.89 bits per heavy atom. The Bertz CT molecular complexity index is 367. The van der Waals surface area contributed by atoms with E-state index in [1.807, 2.05) is 0 Å². The number of anilines is 1. The maximum Gasteiger partial charge on any atom is 0.266 e. The highest BCUT2D eigenvalue weighted by Crippen LogP contribution is 2.18. The summed E-state index contributed by atoms with van der Waals surface area (Å²) in [6.45, 7) is 3.31. The molecule has 0 aromatic carbocycles. The van der Waals surface area contributed by atoms with Crippen molar-refractivity contribution in [2.75, 3.05) is 24.5 Å². The van der Waals surface area contributed by atoms with Gasteiger partial charge in [-0.1, -0.05) is 6.42 Å².